The summed E-state index contributed by atoms with van der Waals surface area (Å²) < 4.78 is 34.7. The Morgan fingerprint density at radius 2 is 1.90 bits per heavy atom. The lowest BCUT2D eigenvalue weighted by Gasteiger charge is -2.30. The largest absolute Gasteiger partial charge is 0.496 e. The van der Waals surface area contributed by atoms with Gasteiger partial charge in [-0.05, 0) is 47.4 Å². The van der Waals surface area contributed by atoms with Crippen LogP contribution in [0, 0.1) is 0 Å². The lowest BCUT2D eigenvalue weighted by atomic mass is 9.87. The van der Waals surface area contributed by atoms with Gasteiger partial charge in [0.25, 0.3) is 0 Å². The van der Waals surface area contributed by atoms with Crippen LogP contribution < -0.4 is 14.6 Å². The molecule has 0 fully saturated rings. The Balaban J connectivity index is 1.86. The SMILES string of the molecule is COc1cccc2c1-c1ccc(CCS(N)(=O)=O)cc1C(c1cccc(Cl)c1)O2. The molecule has 0 bridgehead atoms. The number of sulfonamides is 1. The average molecular weight is 430 g/mol. The van der Waals surface area contributed by atoms with Crippen LogP contribution in [0.15, 0.2) is 60.7 Å². The summed E-state index contributed by atoms with van der Waals surface area (Å²) in [5, 5.41) is 5.79. The van der Waals surface area contributed by atoms with E-state index in [4.69, 9.17) is 26.2 Å². The Hall–Kier alpha value is -2.54. The van der Waals surface area contributed by atoms with Gasteiger partial charge >= 0.3 is 0 Å². The number of nitrogens with two attached hydrogens (primary N) is 1. The molecule has 2 N–H and O–H groups in total. The van der Waals surface area contributed by atoms with E-state index in [-0.39, 0.29) is 11.9 Å². The molecule has 150 valence electrons. The summed E-state index contributed by atoms with van der Waals surface area (Å²) >= 11 is 6.21. The van der Waals surface area contributed by atoms with Crippen LogP contribution in [0.3, 0.4) is 0 Å². The molecule has 0 saturated heterocycles. The Bertz CT molecular complexity index is 1180. The summed E-state index contributed by atoms with van der Waals surface area (Å²) in [6.45, 7) is 0. The van der Waals surface area contributed by atoms with Gasteiger partial charge in [-0.25, -0.2) is 13.6 Å². The normalized spacial score (nSPS) is 15.2. The van der Waals surface area contributed by atoms with Gasteiger partial charge in [0, 0.05) is 10.6 Å². The number of halogens is 1. The van der Waals surface area contributed by atoms with Crippen molar-refractivity contribution in [2.45, 2.75) is 12.5 Å². The quantitative estimate of drug-likeness (QED) is 0.654. The molecule has 1 aliphatic heterocycles. The number of rotatable bonds is 5. The fourth-order valence-corrected chi connectivity index (χ4v) is 4.34. The van der Waals surface area contributed by atoms with E-state index in [1.165, 1.54) is 0 Å². The Labute approximate surface area is 175 Å². The van der Waals surface area contributed by atoms with Gasteiger partial charge < -0.3 is 9.47 Å². The first-order chi connectivity index (χ1) is 13.9. The van der Waals surface area contributed by atoms with Gasteiger partial charge in [0.1, 0.15) is 17.6 Å². The smallest absolute Gasteiger partial charge is 0.209 e. The Morgan fingerprint density at radius 3 is 2.62 bits per heavy atom. The molecule has 1 aliphatic rings. The maximum atomic E-state index is 11.4. The zero-order valence-corrected chi connectivity index (χ0v) is 17.3. The van der Waals surface area contributed by atoms with Crippen LogP contribution in [0.1, 0.15) is 22.8 Å². The maximum Gasteiger partial charge on any atom is 0.209 e. The first kappa shape index (κ1) is 19.8. The van der Waals surface area contributed by atoms with E-state index in [9.17, 15) is 8.42 Å². The van der Waals surface area contributed by atoms with Crippen molar-refractivity contribution in [3.8, 4) is 22.6 Å². The molecule has 3 aromatic carbocycles. The lowest BCUT2D eigenvalue weighted by Crippen LogP contribution is -2.19. The molecule has 0 spiro atoms. The molecular formula is C22H20ClNO4S. The number of benzene rings is 3. The molecule has 7 heteroatoms. The van der Waals surface area contributed by atoms with E-state index >= 15 is 0 Å². The molecule has 29 heavy (non-hydrogen) atoms. The van der Waals surface area contributed by atoms with E-state index in [1.807, 2.05) is 60.7 Å². The fraction of sp³-hybridized carbons (Fsp3) is 0.182. The number of fused-ring (bicyclic) bond motifs is 3. The van der Waals surface area contributed by atoms with E-state index < -0.39 is 10.0 Å². The first-order valence-electron chi connectivity index (χ1n) is 9.08. The molecule has 0 amide bonds. The van der Waals surface area contributed by atoms with Crippen molar-refractivity contribution in [3.63, 3.8) is 0 Å². The zero-order valence-electron chi connectivity index (χ0n) is 15.8. The number of ether oxygens (including phenoxy) is 2. The highest BCUT2D eigenvalue weighted by Gasteiger charge is 2.30. The Kier molecular flexibility index (Phi) is 5.25. The summed E-state index contributed by atoms with van der Waals surface area (Å²) in [5.41, 5.74) is 4.56. The molecule has 0 radical (unpaired) electrons. The third-order valence-corrected chi connectivity index (χ3v) is 5.96. The van der Waals surface area contributed by atoms with Gasteiger partial charge in [-0.3, -0.25) is 0 Å². The topological polar surface area (TPSA) is 78.6 Å². The average Bonchev–Trinajstić information content (AvgIpc) is 2.70. The fourth-order valence-electron chi connectivity index (χ4n) is 3.62. The van der Waals surface area contributed by atoms with Crippen LogP contribution in [0.5, 0.6) is 11.5 Å². The Morgan fingerprint density at radius 1 is 1.10 bits per heavy atom. The van der Waals surface area contributed by atoms with Crippen molar-refractivity contribution in [3.05, 3.63) is 82.4 Å². The number of aryl methyl sites for hydroxylation is 1. The third-order valence-electron chi connectivity index (χ3n) is 4.95. The van der Waals surface area contributed by atoms with Crippen LogP contribution in [-0.4, -0.2) is 21.3 Å². The number of primary sulfonamides is 1. The van der Waals surface area contributed by atoms with Crippen LogP contribution >= 0.6 is 11.6 Å². The monoisotopic (exact) mass is 429 g/mol. The number of methoxy groups -OCH3 is 1. The van der Waals surface area contributed by atoms with Gasteiger partial charge in [0.15, 0.2) is 0 Å². The molecule has 0 saturated carbocycles. The van der Waals surface area contributed by atoms with Crippen LogP contribution in [0.4, 0.5) is 0 Å². The highest BCUT2D eigenvalue weighted by atomic mass is 35.5. The second-order valence-corrected chi connectivity index (χ2v) is 9.10. The molecule has 1 heterocycles. The first-order valence-corrected chi connectivity index (χ1v) is 11.2. The summed E-state index contributed by atoms with van der Waals surface area (Å²) in [7, 11) is -1.92. The van der Waals surface area contributed by atoms with Crippen LogP contribution in [0.25, 0.3) is 11.1 Å². The van der Waals surface area contributed by atoms with E-state index in [0.717, 1.165) is 33.6 Å². The van der Waals surface area contributed by atoms with Crippen molar-refractivity contribution in [2.75, 3.05) is 12.9 Å². The van der Waals surface area contributed by atoms with Crippen molar-refractivity contribution in [1.82, 2.24) is 0 Å². The van der Waals surface area contributed by atoms with Crippen molar-refractivity contribution in [2.24, 2.45) is 5.14 Å². The molecule has 0 aliphatic carbocycles. The predicted octanol–water partition coefficient (Wildman–Crippen LogP) is 4.33. The number of hydrogen-bond donors (Lipinski definition) is 1. The predicted molar refractivity (Wildman–Crippen MR) is 114 cm³/mol. The summed E-state index contributed by atoms with van der Waals surface area (Å²) in [5.74, 6) is 1.32. The minimum Gasteiger partial charge on any atom is -0.496 e. The lowest BCUT2D eigenvalue weighted by molar-refractivity contribution is 0.242. The van der Waals surface area contributed by atoms with Gasteiger partial charge in [-0.2, -0.15) is 0 Å². The molecular weight excluding hydrogens is 410 g/mol. The van der Waals surface area contributed by atoms with E-state index in [0.29, 0.717) is 17.2 Å². The molecule has 5 nitrogen and oxygen atoms in total. The molecule has 1 unspecified atom stereocenters. The van der Waals surface area contributed by atoms with Gasteiger partial charge in [-0.1, -0.05) is 48.0 Å². The van der Waals surface area contributed by atoms with Crippen molar-refractivity contribution in [1.29, 1.82) is 0 Å². The van der Waals surface area contributed by atoms with Crippen molar-refractivity contribution >= 4 is 21.6 Å². The molecule has 1 atom stereocenters. The van der Waals surface area contributed by atoms with Crippen molar-refractivity contribution < 1.29 is 17.9 Å². The second kappa shape index (κ2) is 7.71. The maximum absolute atomic E-state index is 11.4. The third kappa shape index (κ3) is 4.10. The van der Waals surface area contributed by atoms with E-state index in [2.05, 4.69) is 0 Å². The molecule has 3 aromatic rings. The number of hydrogen-bond acceptors (Lipinski definition) is 4. The molecule has 4 rings (SSSR count). The van der Waals surface area contributed by atoms with Gasteiger partial charge in [0.2, 0.25) is 10.0 Å². The molecule has 0 aromatic heterocycles. The van der Waals surface area contributed by atoms with Gasteiger partial charge in [-0.15, -0.1) is 0 Å². The van der Waals surface area contributed by atoms with E-state index in [1.54, 1.807) is 7.11 Å². The standard InChI is InChI=1S/C22H20ClNO4S/c1-27-19-6-3-7-20-21(19)17-9-8-14(10-11-29(24,25)26)12-18(17)22(28-20)15-4-2-5-16(23)13-15/h2-9,12-13,22H,10-11H2,1H3,(H2,24,25,26). The highest BCUT2D eigenvalue weighted by molar-refractivity contribution is 7.89. The summed E-state index contributed by atoms with van der Waals surface area (Å²) in [6.07, 6.45) is -0.0505. The van der Waals surface area contributed by atoms with Gasteiger partial charge in [0.05, 0.1) is 18.4 Å². The summed E-state index contributed by atoms with van der Waals surface area (Å²) in [4.78, 5) is 0. The second-order valence-electron chi connectivity index (χ2n) is 6.92. The van der Waals surface area contributed by atoms with Crippen LogP contribution in [-0.2, 0) is 16.4 Å². The minimum atomic E-state index is -3.54. The minimum absolute atomic E-state index is 0.117. The summed E-state index contributed by atoms with van der Waals surface area (Å²) in [6, 6.07) is 19.1. The zero-order chi connectivity index (χ0) is 20.6. The van der Waals surface area contributed by atoms with Crippen LogP contribution in [0.2, 0.25) is 5.02 Å². The highest BCUT2D eigenvalue weighted by Crippen LogP contribution is 2.49.